The van der Waals surface area contributed by atoms with Crippen molar-refractivity contribution in [1.29, 1.82) is 0 Å². The molecule has 0 amide bonds. The van der Waals surface area contributed by atoms with Gasteiger partial charge in [0.1, 0.15) is 16.2 Å². The largest absolute Gasteiger partial charge is 0.493 e. The Morgan fingerprint density at radius 2 is 1.85 bits per heavy atom. The average Bonchev–Trinajstić information content (AvgIpc) is 3.26. The Balaban J connectivity index is 1.66. The highest BCUT2D eigenvalue weighted by Crippen LogP contribution is 2.38. The van der Waals surface area contributed by atoms with Crippen molar-refractivity contribution < 1.29 is 13.9 Å². The van der Waals surface area contributed by atoms with E-state index in [9.17, 15) is 0 Å². The van der Waals surface area contributed by atoms with Gasteiger partial charge in [-0.15, -0.1) is 21.5 Å². The predicted octanol–water partition coefficient (Wildman–Crippen LogP) is 4.53. The van der Waals surface area contributed by atoms with Crippen LogP contribution in [0.25, 0.3) is 21.7 Å². The van der Waals surface area contributed by atoms with Crippen LogP contribution in [0, 0.1) is 13.8 Å². The SMILES string of the molecule is COc1ccc(-c2nnc(Sc3ncnc4sc(C)c(C)c34)o2)cc1OC. The second kappa shape index (κ2) is 7.16. The molecule has 138 valence electrons. The van der Waals surface area contributed by atoms with Gasteiger partial charge < -0.3 is 13.9 Å². The van der Waals surface area contributed by atoms with Crippen LogP contribution >= 0.6 is 23.1 Å². The lowest BCUT2D eigenvalue weighted by molar-refractivity contribution is 0.355. The molecule has 27 heavy (non-hydrogen) atoms. The van der Waals surface area contributed by atoms with Gasteiger partial charge in [0.15, 0.2) is 11.5 Å². The van der Waals surface area contributed by atoms with E-state index in [-0.39, 0.29) is 0 Å². The third-order valence-corrected chi connectivity index (χ3v) is 6.11. The van der Waals surface area contributed by atoms with Crippen LogP contribution in [0.15, 0.2) is 39.2 Å². The van der Waals surface area contributed by atoms with Crippen molar-refractivity contribution in [3.63, 3.8) is 0 Å². The zero-order valence-electron chi connectivity index (χ0n) is 15.1. The monoisotopic (exact) mass is 400 g/mol. The molecule has 4 rings (SSSR count). The number of hydrogen-bond donors (Lipinski definition) is 0. The van der Waals surface area contributed by atoms with E-state index in [2.05, 4.69) is 34.0 Å². The molecule has 0 unspecified atom stereocenters. The highest BCUT2D eigenvalue weighted by atomic mass is 32.2. The summed E-state index contributed by atoms with van der Waals surface area (Å²) in [7, 11) is 3.18. The molecule has 0 radical (unpaired) electrons. The molecular formula is C18H16N4O3S2. The van der Waals surface area contributed by atoms with Crippen LogP contribution in [0.1, 0.15) is 10.4 Å². The molecule has 0 saturated heterocycles. The van der Waals surface area contributed by atoms with E-state index in [1.54, 1.807) is 44.0 Å². The second-order valence-electron chi connectivity index (χ2n) is 5.69. The molecular weight excluding hydrogens is 384 g/mol. The molecule has 7 nitrogen and oxygen atoms in total. The Labute approximate surface area is 163 Å². The zero-order valence-corrected chi connectivity index (χ0v) is 16.8. The van der Waals surface area contributed by atoms with Gasteiger partial charge in [0.2, 0.25) is 5.89 Å². The molecule has 0 spiro atoms. The maximum absolute atomic E-state index is 5.83. The molecule has 0 aliphatic rings. The van der Waals surface area contributed by atoms with E-state index >= 15 is 0 Å². The van der Waals surface area contributed by atoms with Crippen molar-refractivity contribution >= 4 is 33.3 Å². The number of fused-ring (bicyclic) bond motifs is 1. The van der Waals surface area contributed by atoms with Crippen LogP contribution in [-0.2, 0) is 0 Å². The lowest BCUT2D eigenvalue weighted by atomic mass is 10.2. The minimum absolute atomic E-state index is 0.405. The normalized spacial score (nSPS) is 11.1. The molecule has 0 saturated carbocycles. The first-order valence-electron chi connectivity index (χ1n) is 8.05. The summed E-state index contributed by atoms with van der Waals surface area (Å²) in [6.07, 6.45) is 1.56. The molecule has 9 heteroatoms. The molecule has 0 fully saturated rings. The standard InChI is InChI=1S/C18H16N4O3S2/c1-9-10(2)26-16-14(9)17(20-8-19-16)27-18-22-21-15(25-18)11-5-6-12(23-3)13(7-11)24-4/h5-8H,1-4H3. The second-order valence-corrected chi connectivity index (χ2v) is 7.83. The van der Waals surface area contributed by atoms with Crippen LogP contribution in [-0.4, -0.2) is 34.4 Å². The number of aromatic nitrogens is 4. The van der Waals surface area contributed by atoms with Crippen molar-refractivity contribution in [3.05, 3.63) is 35.0 Å². The number of ether oxygens (including phenoxy) is 2. The Hall–Kier alpha value is -2.65. The van der Waals surface area contributed by atoms with Crippen LogP contribution in [0.4, 0.5) is 0 Å². The first kappa shape index (κ1) is 17.7. The fraction of sp³-hybridized carbons (Fsp3) is 0.222. The Kier molecular flexibility index (Phi) is 4.71. The van der Waals surface area contributed by atoms with Crippen LogP contribution < -0.4 is 9.47 Å². The van der Waals surface area contributed by atoms with E-state index in [4.69, 9.17) is 13.9 Å². The lowest BCUT2D eigenvalue weighted by Crippen LogP contribution is -1.90. The van der Waals surface area contributed by atoms with E-state index in [1.165, 1.54) is 22.2 Å². The van der Waals surface area contributed by atoms with E-state index < -0.39 is 0 Å². The fourth-order valence-electron chi connectivity index (χ4n) is 2.65. The van der Waals surface area contributed by atoms with Crippen molar-refractivity contribution in [3.8, 4) is 23.0 Å². The van der Waals surface area contributed by atoms with Gasteiger partial charge in [0, 0.05) is 15.8 Å². The smallest absolute Gasteiger partial charge is 0.283 e. The molecule has 0 aliphatic carbocycles. The van der Waals surface area contributed by atoms with Crippen LogP contribution in [0.5, 0.6) is 11.5 Å². The van der Waals surface area contributed by atoms with Gasteiger partial charge in [0.25, 0.3) is 5.22 Å². The topological polar surface area (TPSA) is 83.2 Å². The maximum atomic E-state index is 5.83. The van der Waals surface area contributed by atoms with E-state index in [0.29, 0.717) is 22.6 Å². The first-order valence-corrected chi connectivity index (χ1v) is 9.68. The summed E-state index contributed by atoms with van der Waals surface area (Å²) in [5.41, 5.74) is 1.93. The summed E-state index contributed by atoms with van der Waals surface area (Å²) in [5, 5.41) is 10.6. The van der Waals surface area contributed by atoms with Crippen molar-refractivity contribution in [1.82, 2.24) is 20.2 Å². The minimum Gasteiger partial charge on any atom is -0.493 e. The first-order chi connectivity index (χ1) is 13.1. The zero-order chi connectivity index (χ0) is 19.0. The van der Waals surface area contributed by atoms with Crippen molar-refractivity contribution in [2.75, 3.05) is 14.2 Å². The number of thiophene rings is 1. The lowest BCUT2D eigenvalue weighted by Gasteiger charge is -2.07. The molecule has 0 bridgehead atoms. The van der Waals surface area contributed by atoms with Gasteiger partial charge in [0.05, 0.1) is 14.2 Å². The van der Waals surface area contributed by atoms with Crippen LogP contribution in [0.2, 0.25) is 0 Å². The molecule has 3 heterocycles. The Bertz CT molecular complexity index is 1120. The summed E-state index contributed by atoms with van der Waals surface area (Å²) < 4.78 is 16.4. The number of hydrogen-bond acceptors (Lipinski definition) is 9. The summed E-state index contributed by atoms with van der Waals surface area (Å²) in [5.74, 6) is 1.65. The van der Waals surface area contributed by atoms with Crippen molar-refractivity contribution in [2.45, 2.75) is 24.1 Å². The highest BCUT2D eigenvalue weighted by molar-refractivity contribution is 7.99. The third-order valence-electron chi connectivity index (χ3n) is 4.15. The number of methoxy groups -OCH3 is 2. The van der Waals surface area contributed by atoms with Gasteiger partial charge in [-0.05, 0) is 49.4 Å². The van der Waals surface area contributed by atoms with Crippen molar-refractivity contribution in [2.24, 2.45) is 0 Å². The maximum Gasteiger partial charge on any atom is 0.283 e. The fourth-order valence-corrected chi connectivity index (χ4v) is 4.53. The summed E-state index contributed by atoms with van der Waals surface area (Å²) in [4.78, 5) is 10.9. The highest BCUT2D eigenvalue weighted by Gasteiger charge is 2.17. The number of rotatable bonds is 5. The van der Waals surface area contributed by atoms with E-state index in [1.807, 2.05) is 6.07 Å². The average molecular weight is 400 g/mol. The molecule has 0 aliphatic heterocycles. The molecule has 0 N–H and O–H groups in total. The van der Waals surface area contributed by atoms with Gasteiger partial charge in [-0.25, -0.2) is 9.97 Å². The molecule has 1 aromatic carbocycles. The van der Waals surface area contributed by atoms with Gasteiger partial charge in [-0.3, -0.25) is 0 Å². The minimum atomic E-state index is 0.405. The van der Waals surface area contributed by atoms with Gasteiger partial charge in [-0.1, -0.05) is 0 Å². The predicted molar refractivity (Wildman–Crippen MR) is 104 cm³/mol. The Morgan fingerprint density at radius 1 is 1.04 bits per heavy atom. The van der Waals surface area contributed by atoms with Gasteiger partial charge >= 0.3 is 0 Å². The van der Waals surface area contributed by atoms with E-state index in [0.717, 1.165) is 20.8 Å². The number of benzene rings is 1. The molecule has 4 aromatic rings. The van der Waals surface area contributed by atoms with Crippen LogP contribution in [0.3, 0.4) is 0 Å². The summed E-state index contributed by atoms with van der Waals surface area (Å²) >= 11 is 2.99. The summed E-state index contributed by atoms with van der Waals surface area (Å²) in [6.45, 7) is 4.16. The quantitative estimate of drug-likeness (QED) is 0.452. The Morgan fingerprint density at radius 3 is 2.63 bits per heavy atom. The molecule has 0 atom stereocenters. The number of aryl methyl sites for hydroxylation is 2. The third kappa shape index (κ3) is 3.24. The van der Waals surface area contributed by atoms with Gasteiger partial charge in [-0.2, -0.15) is 0 Å². The summed E-state index contributed by atoms with van der Waals surface area (Å²) in [6, 6.07) is 5.45. The molecule has 3 aromatic heterocycles. The number of nitrogens with zero attached hydrogens (tertiary/aromatic N) is 4.